The van der Waals surface area contributed by atoms with Crippen LogP contribution in [-0.2, 0) is 13.5 Å². The van der Waals surface area contributed by atoms with Gasteiger partial charge in [0.15, 0.2) is 0 Å². The van der Waals surface area contributed by atoms with Crippen LogP contribution >= 0.6 is 0 Å². The highest BCUT2D eigenvalue weighted by atomic mass is 16.6. The molecule has 0 aliphatic heterocycles. The highest BCUT2D eigenvalue weighted by Crippen LogP contribution is 2.18. The van der Waals surface area contributed by atoms with E-state index in [0.29, 0.717) is 11.6 Å². The second-order valence-corrected chi connectivity index (χ2v) is 3.22. The van der Waals surface area contributed by atoms with Crippen molar-refractivity contribution in [3.05, 3.63) is 22.1 Å². The lowest BCUT2D eigenvalue weighted by Gasteiger charge is -1.94. The Morgan fingerprint density at radius 1 is 1.62 bits per heavy atom. The topological polar surface area (TPSA) is 103 Å². The minimum absolute atomic E-state index is 0.0853. The molecule has 0 aliphatic rings. The van der Waals surface area contributed by atoms with Crippen LogP contribution in [-0.4, -0.2) is 29.7 Å². The zero-order chi connectivity index (χ0) is 11.7. The average Bonchev–Trinajstić information content (AvgIpc) is 2.83. The Hall–Kier alpha value is -2.25. The lowest BCUT2D eigenvalue weighted by molar-refractivity contribution is -0.391. The number of nitro groups is 1. The molecule has 0 fully saturated rings. The Bertz CT molecular complexity index is 528. The van der Waals surface area contributed by atoms with Crippen molar-refractivity contribution in [2.45, 2.75) is 13.3 Å². The van der Waals surface area contributed by atoms with Crippen LogP contribution in [0.25, 0.3) is 11.6 Å². The van der Waals surface area contributed by atoms with Crippen molar-refractivity contribution < 1.29 is 4.92 Å². The number of H-pyrrole nitrogens is 1. The van der Waals surface area contributed by atoms with Gasteiger partial charge in [-0.05, 0) is 4.92 Å². The van der Waals surface area contributed by atoms with Gasteiger partial charge < -0.3 is 10.1 Å². The first-order chi connectivity index (χ1) is 7.63. The van der Waals surface area contributed by atoms with E-state index in [1.165, 1.54) is 10.8 Å². The Morgan fingerprint density at radius 3 is 2.88 bits per heavy atom. The first-order valence-electron chi connectivity index (χ1n) is 4.71. The van der Waals surface area contributed by atoms with Gasteiger partial charge in [-0.3, -0.25) is 5.10 Å². The molecule has 0 bridgehead atoms. The lowest BCUT2D eigenvalue weighted by atomic mass is 10.5. The Balaban J connectivity index is 2.44. The van der Waals surface area contributed by atoms with E-state index < -0.39 is 4.92 Å². The van der Waals surface area contributed by atoms with E-state index in [2.05, 4.69) is 20.2 Å². The number of aromatic nitrogens is 5. The summed E-state index contributed by atoms with van der Waals surface area (Å²) in [6.45, 7) is 1.94. The van der Waals surface area contributed by atoms with Crippen LogP contribution in [0, 0.1) is 10.1 Å². The third-order valence-corrected chi connectivity index (χ3v) is 2.22. The fourth-order valence-electron chi connectivity index (χ4n) is 1.33. The average molecular weight is 222 g/mol. The van der Waals surface area contributed by atoms with E-state index in [0.717, 1.165) is 12.2 Å². The first-order valence-corrected chi connectivity index (χ1v) is 4.71. The molecule has 2 aromatic rings. The lowest BCUT2D eigenvalue weighted by Crippen LogP contribution is -1.99. The Kier molecular flexibility index (Phi) is 2.39. The number of hydrogen-bond donors (Lipinski definition) is 1. The van der Waals surface area contributed by atoms with Crippen LogP contribution in [0.5, 0.6) is 0 Å². The number of aromatic amines is 1. The maximum Gasteiger partial charge on any atom is 0.343 e. The number of imidazole rings is 1. The number of rotatable bonds is 3. The maximum absolute atomic E-state index is 10.6. The van der Waals surface area contributed by atoms with Gasteiger partial charge in [0, 0.05) is 6.42 Å². The van der Waals surface area contributed by atoms with Gasteiger partial charge in [-0.1, -0.05) is 6.92 Å². The van der Waals surface area contributed by atoms with E-state index in [1.807, 2.05) is 6.92 Å². The number of hydrogen-bond acceptors (Lipinski definition) is 5. The highest BCUT2D eigenvalue weighted by molar-refractivity contribution is 5.46. The van der Waals surface area contributed by atoms with Crippen LogP contribution in [0.15, 0.2) is 6.20 Å². The fraction of sp³-hybridized carbons (Fsp3) is 0.375. The van der Waals surface area contributed by atoms with Crippen molar-refractivity contribution >= 4 is 5.82 Å². The monoisotopic (exact) mass is 222 g/mol. The Morgan fingerprint density at radius 2 is 2.38 bits per heavy atom. The first kappa shape index (κ1) is 10.3. The van der Waals surface area contributed by atoms with Crippen molar-refractivity contribution in [3.8, 4) is 11.6 Å². The second kappa shape index (κ2) is 3.72. The summed E-state index contributed by atoms with van der Waals surface area (Å²) in [6.07, 6.45) is 1.91. The van der Waals surface area contributed by atoms with E-state index in [4.69, 9.17) is 0 Å². The van der Waals surface area contributed by atoms with E-state index in [-0.39, 0.29) is 5.82 Å². The normalized spacial score (nSPS) is 10.6. The van der Waals surface area contributed by atoms with Gasteiger partial charge in [-0.15, -0.1) is 5.10 Å². The van der Waals surface area contributed by atoms with Crippen molar-refractivity contribution in [2.24, 2.45) is 7.05 Å². The minimum atomic E-state index is -0.496. The summed E-state index contributed by atoms with van der Waals surface area (Å²) in [5.74, 6) is 1.38. The molecule has 0 saturated carbocycles. The van der Waals surface area contributed by atoms with Crippen LogP contribution in [0.2, 0.25) is 0 Å². The van der Waals surface area contributed by atoms with E-state index in [9.17, 15) is 10.1 Å². The Labute approximate surface area is 90.5 Å². The molecule has 0 aromatic carbocycles. The van der Waals surface area contributed by atoms with Crippen molar-refractivity contribution in [3.63, 3.8) is 0 Å². The van der Waals surface area contributed by atoms with Crippen molar-refractivity contribution in [1.82, 2.24) is 24.7 Å². The third-order valence-electron chi connectivity index (χ3n) is 2.22. The largest absolute Gasteiger partial charge is 0.358 e. The molecule has 2 heterocycles. The zero-order valence-electron chi connectivity index (χ0n) is 8.84. The standard InChI is InChI=1S/C8H10N6O2/c1-3-5-10-7(12-11-5)8-9-4-6(13(8)2)14(15)16/h4H,3H2,1-2H3,(H,10,11,12). The van der Waals surface area contributed by atoms with Gasteiger partial charge in [0.25, 0.3) is 5.82 Å². The molecule has 16 heavy (non-hydrogen) atoms. The SMILES string of the molecule is CCc1nc(-c2ncc([N+](=O)[O-])n2C)n[nH]1. The summed E-state index contributed by atoms with van der Waals surface area (Å²) >= 11 is 0. The fourth-order valence-corrected chi connectivity index (χ4v) is 1.33. The molecule has 0 saturated heterocycles. The van der Waals surface area contributed by atoms with Crippen LogP contribution in [0.1, 0.15) is 12.7 Å². The molecule has 0 spiro atoms. The van der Waals surface area contributed by atoms with E-state index in [1.54, 1.807) is 7.05 Å². The maximum atomic E-state index is 10.6. The number of nitrogens with one attached hydrogen (secondary N) is 1. The molecule has 1 N–H and O–H groups in total. The molecule has 0 atom stereocenters. The molecule has 0 amide bonds. The third kappa shape index (κ3) is 1.53. The van der Waals surface area contributed by atoms with Crippen LogP contribution < -0.4 is 0 Å². The van der Waals surface area contributed by atoms with E-state index >= 15 is 0 Å². The van der Waals surface area contributed by atoms with Crippen LogP contribution in [0.4, 0.5) is 5.82 Å². The van der Waals surface area contributed by atoms with Gasteiger partial charge in [-0.25, -0.2) is 14.5 Å². The number of aryl methyl sites for hydroxylation is 1. The van der Waals surface area contributed by atoms with Gasteiger partial charge >= 0.3 is 5.82 Å². The summed E-state index contributed by atoms with van der Waals surface area (Å²) in [7, 11) is 1.56. The molecule has 84 valence electrons. The smallest absolute Gasteiger partial charge is 0.343 e. The minimum Gasteiger partial charge on any atom is -0.358 e. The molecule has 2 aromatic heterocycles. The molecule has 8 nitrogen and oxygen atoms in total. The van der Waals surface area contributed by atoms with Crippen LogP contribution in [0.3, 0.4) is 0 Å². The van der Waals surface area contributed by atoms with Gasteiger partial charge in [-0.2, -0.15) is 0 Å². The second-order valence-electron chi connectivity index (χ2n) is 3.22. The molecule has 0 radical (unpaired) electrons. The zero-order valence-corrected chi connectivity index (χ0v) is 8.84. The van der Waals surface area contributed by atoms with Crippen molar-refractivity contribution in [2.75, 3.05) is 0 Å². The molecule has 0 aliphatic carbocycles. The van der Waals surface area contributed by atoms with Gasteiger partial charge in [0.2, 0.25) is 5.82 Å². The quantitative estimate of drug-likeness (QED) is 0.607. The summed E-state index contributed by atoms with van der Waals surface area (Å²) < 4.78 is 1.35. The number of nitrogens with zero attached hydrogens (tertiary/aromatic N) is 5. The molecule has 0 unspecified atom stereocenters. The highest BCUT2D eigenvalue weighted by Gasteiger charge is 2.20. The molecule has 2 rings (SSSR count). The summed E-state index contributed by atoms with van der Waals surface area (Å²) in [5.41, 5.74) is 0. The molecule has 8 heteroatoms. The van der Waals surface area contributed by atoms with Gasteiger partial charge in [0.1, 0.15) is 12.0 Å². The molecular weight excluding hydrogens is 212 g/mol. The van der Waals surface area contributed by atoms with Crippen molar-refractivity contribution in [1.29, 1.82) is 0 Å². The summed E-state index contributed by atoms with van der Waals surface area (Å²) in [6, 6.07) is 0. The predicted octanol–water partition coefficient (Wildman–Crippen LogP) is 0.676. The summed E-state index contributed by atoms with van der Waals surface area (Å²) in [5, 5.41) is 17.3. The van der Waals surface area contributed by atoms with Gasteiger partial charge in [0.05, 0.1) is 7.05 Å². The predicted molar refractivity (Wildman–Crippen MR) is 54.6 cm³/mol. The summed E-state index contributed by atoms with van der Waals surface area (Å²) in [4.78, 5) is 18.2. The molecular formula is C8H10N6O2.